The first-order valence-electron chi connectivity index (χ1n) is 5.84. The lowest BCUT2D eigenvalue weighted by Gasteiger charge is -2.07. The number of hydrazine groups is 1. The van der Waals surface area contributed by atoms with Gasteiger partial charge in [0.25, 0.3) is 0 Å². The zero-order valence-corrected chi connectivity index (χ0v) is 10.5. The van der Waals surface area contributed by atoms with Gasteiger partial charge in [-0.05, 0) is 16.1 Å². The van der Waals surface area contributed by atoms with E-state index < -0.39 is 4.92 Å². The summed E-state index contributed by atoms with van der Waals surface area (Å²) in [6.45, 7) is 0.349. The molecule has 0 atom stereocenters. The van der Waals surface area contributed by atoms with Gasteiger partial charge < -0.3 is 10.1 Å². The van der Waals surface area contributed by atoms with E-state index in [0.29, 0.717) is 6.54 Å². The molecule has 2 rings (SSSR count). The zero-order valence-electron chi connectivity index (χ0n) is 10.5. The van der Waals surface area contributed by atoms with Gasteiger partial charge in [0.05, 0.1) is 30.3 Å². The molecule has 20 heavy (non-hydrogen) atoms. The predicted molar refractivity (Wildman–Crippen MR) is 70.5 cm³/mol. The Morgan fingerprint density at radius 2 is 2.05 bits per heavy atom. The molecule has 1 amide bonds. The van der Waals surface area contributed by atoms with Crippen LogP contribution in [0.5, 0.6) is 0 Å². The van der Waals surface area contributed by atoms with Crippen LogP contribution in [0.4, 0.5) is 5.82 Å². The molecule has 8 heteroatoms. The number of rotatable bonds is 5. The summed E-state index contributed by atoms with van der Waals surface area (Å²) in [6, 6.07) is 8.62. The Balaban J connectivity index is 2.19. The lowest BCUT2D eigenvalue weighted by atomic mass is 10.0. The highest BCUT2D eigenvalue weighted by Gasteiger charge is 2.13. The van der Waals surface area contributed by atoms with Gasteiger partial charge >= 0.3 is 5.82 Å². The maximum absolute atomic E-state index is 11.3. The number of aromatic nitrogens is 2. The number of hydrogen-bond donors (Lipinski definition) is 2. The fourth-order valence-corrected chi connectivity index (χ4v) is 1.82. The molecule has 1 aromatic carbocycles. The second-order valence-electron chi connectivity index (χ2n) is 4.14. The third kappa shape index (κ3) is 3.18. The molecule has 8 nitrogen and oxygen atoms in total. The minimum atomic E-state index is -0.551. The molecule has 0 saturated heterocycles. The fraction of sp³-hybridized carbons (Fsp3) is 0.167. The van der Waals surface area contributed by atoms with Gasteiger partial charge in [0.2, 0.25) is 5.91 Å². The van der Waals surface area contributed by atoms with Crippen molar-refractivity contribution >= 4 is 11.7 Å². The zero-order chi connectivity index (χ0) is 14.5. The van der Waals surface area contributed by atoms with Crippen LogP contribution in [0, 0.1) is 10.1 Å². The van der Waals surface area contributed by atoms with Crippen LogP contribution >= 0.6 is 0 Å². The molecule has 104 valence electrons. The number of nitrogens with two attached hydrogens (primary N) is 1. The van der Waals surface area contributed by atoms with Gasteiger partial charge in [0.15, 0.2) is 0 Å². The third-order valence-corrected chi connectivity index (χ3v) is 2.78. The van der Waals surface area contributed by atoms with Gasteiger partial charge in [0.1, 0.15) is 0 Å². The summed E-state index contributed by atoms with van der Waals surface area (Å²) < 4.78 is 1.46. The molecular weight excluding hydrogens is 262 g/mol. The molecule has 0 saturated carbocycles. The monoisotopic (exact) mass is 275 g/mol. The van der Waals surface area contributed by atoms with Crippen LogP contribution in [0.1, 0.15) is 11.1 Å². The van der Waals surface area contributed by atoms with Crippen molar-refractivity contribution in [2.75, 3.05) is 0 Å². The first-order valence-corrected chi connectivity index (χ1v) is 5.84. The third-order valence-electron chi connectivity index (χ3n) is 2.78. The molecule has 1 aromatic heterocycles. The molecule has 0 spiro atoms. The van der Waals surface area contributed by atoms with E-state index in [-0.39, 0.29) is 18.1 Å². The van der Waals surface area contributed by atoms with Crippen LogP contribution in [0.15, 0.2) is 36.5 Å². The minimum absolute atomic E-state index is 0.149. The highest BCUT2D eigenvalue weighted by Crippen LogP contribution is 2.13. The number of nitrogens with zero attached hydrogens (tertiary/aromatic N) is 3. The Hall–Kier alpha value is -2.74. The number of nitro groups is 1. The van der Waals surface area contributed by atoms with Crippen LogP contribution in [0.3, 0.4) is 0 Å². The van der Waals surface area contributed by atoms with Gasteiger partial charge in [0, 0.05) is 0 Å². The molecule has 0 fully saturated rings. The van der Waals surface area contributed by atoms with Crippen LogP contribution in [0.2, 0.25) is 0 Å². The van der Waals surface area contributed by atoms with Crippen molar-refractivity contribution in [1.29, 1.82) is 0 Å². The molecule has 3 N–H and O–H groups in total. The van der Waals surface area contributed by atoms with E-state index in [2.05, 4.69) is 10.5 Å². The molecule has 0 aliphatic heterocycles. The van der Waals surface area contributed by atoms with Crippen LogP contribution < -0.4 is 11.3 Å². The van der Waals surface area contributed by atoms with Gasteiger partial charge in [-0.15, -0.1) is 0 Å². The molecular formula is C12H13N5O3. The number of hydrogen-bond acceptors (Lipinski definition) is 5. The Labute approximate surface area is 114 Å². The number of amides is 1. The summed E-state index contributed by atoms with van der Waals surface area (Å²) in [5.41, 5.74) is 3.73. The molecule has 0 unspecified atom stereocenters. The Morgan fingerprint density at radius 3 is 2.65 bits per heavy atom. The number of carbonyl (C=O) groups is 1. The average molecular weight is 275 g/mol. The first kappa shape index (κ1) is 13.7. The maximum atomic E-state index is 11.3. The predicted octanol–water partition coefficient (Wildman–Crippen LogP) is 0.372. The Kier molecular flexibility index (Phi) is 4.06. The normalized spacial score (nSPS) is 10.2. The average Bonchev–Trinajstić information content (AvgIpc) is 2.89. The van der Waals surface area contributed by atoms with E-state index in [1.165, 1.54) is 16.9 Å². The highest BCUT2D eigenvalue weighted by molar-refractivity contribution is 5.78. The lowest BCUT2D eigenvalue weighted by Crippen LogP contribution is -2.31. The second kappa shape index (κ2) is 5.93. The van der Waals surface area contributed by atoms with Crippen molar-refractivity contribution in [3.8, 4) is 0 Å². The SMILES string of the molecule is NNC(=O)Cc1ccccc1Cn1ccc([N+](=O)[O-])n1. The summed E-state index contributed by atoms with van der Waals surface area (Å²) in [5.74, 6) is 4.56. The summed E-state index contributed by atoms with van der Waals surface area (Å²) in [7, 11) is 0. The van der Waals surface area contributed by atoms with Crippen molar-refractivity contribution in [1.82, 2.24) is 15.2 Å². The van der Waals surface area contributed by atoms with Crippen LogP contribution in [-0.2, 0) is 17.8 Å². The Bertz CT molecular complexity index is 638. The Morgan fingerprint density at radius 1 is 1.35 bits per heavy atom. The van der Waals surface area contributed by atoms with Gasteiger partial charge in [-0.1, -0.05) is 24.3 Å². The molecule has 0 aliphatic rings. The largest absolute Gasteiger partial charge is 0.389 e. The maximum Gasteiger partial charge on any atom is 0.389 e. The van der Waals surface area contributed by atoms with Gasteiger partial charge in [-0.3, -0.25) is 10.2 Å². The standard InChI is InChI=1S/C12H13N5O3/c13-14-12(18)7-9-3-1-2-4-10(9)8-16-6-5-11(15-16)17(19)20/h1-6H,7-8,13H2,(H,14,18). The molecule has 1 heterocycles. The van der Waals surface area contributed by atoms with Crippen molar-refractivity contribution in [2.45, 2.75) is 13.0 Å². The summed E-state index contributed by atoms with van der Waals surface area (Å²) in [5, 5.41) is 14.4. The smallest absolute Gasteiger partial charge is 0.358 e. The van der Waals surface area contributed by atoms with Crippen molar-refractivity contribution in [3.63, 3.8) is 0 Å². The van der Waals surface area contributed by atoms with Crippen molar-refractivity contribution in [2.24, 2.45) is 5.84 Å². The van der Waals surface area contributed by atoms with Crippen molar-refractivity contribution in [3.05, 3.63) is 57.8 Å². The lowest BCUT2D eigenvalue weighted by molar-refractivity contribution is -0.389. The second-order valence-corrected chi connectivity index (χ2v) is 4.14. The van der Waals surface area contributed by atoms with E-state index in [1.54, 1.807) is 0 Å². The topological polar surface area (TPSA) is 116 Å². The highest BCUT2D eigenvalue weighted by atomic mass is 16.6. The number of carbonyl (C=O) groups excluding carboxylic acids is 1. The van der Waals surface area contributed by atoms with E-state index in [4.69, 9.17) is 5.84 Å². The quantitative estimate of drug-likeness (QED) is 0.354. The molecule has 0 aliphatic carbocycles. The summed E-state index contributed by atoms with van der Waals surface area (Å²) >= 11 is 0. The first-order chi connectivity index (χ1) is 9.60. The van der Waals surface area contributed by atoms with Crippen LogP contribution in [0.25, 0.3) is 0 Å². The van der Waals surface area contributed by atoms with Crippen molar-refractivity contribution < 1.29 is 9.72 Å². The summed E-state index contributed by atoms with van der Waals surface area (Å²) in [4.78, 5) is 21.4. The fourth-order valence-electron chi connectivity index (χ4n) is 1.82. The molecule has 0 radical (unpaired) electrons. The van der Waals surface area contributed by atoms with Gasteiger partial charge in [-0.2, -0.15) is 4.68 Å². The molecule has 2 aromatic rings. The molecule has 0 bridgehead atoms. The van der Waals surface area contributed by atoms with E-state index in [1.807, 2.05) is 24.3 Å². The number of nitrogens with one attached hydrogen (secondary N) is 1. The summed E-state index contributed by atoms with van der Waals surface area (Å²) in [6.07, 6.45) is 1.67. The van der Waals surface area contributed by atoms with Gasteiger partial charge in [-0.25, -0.2) is 5.84 Å². The van der Waals surface area contributed by atoms with E-state index in [0.717, 1.165) is 11.1 Å². The van der Waals surface area contributed by atoms with E-state index in [9.17, 15) is 14.9 Å². The minimum Gasteiger partial charge on any atom is -0.358 e. The number of benzene rings is 1. The van der Waals surface area contributed by atoms with Crippen LogP contribution in [-0.4, -0.2) is 20.6 Å². The van der Waals surface area contributed by atoms with E-state index >= 15 is 0 Å².